The Labute approximate surface area is 325 Å². The van der Waals surface area contributed by atoms with Crippen LogP contribution in [0.25, 0.3) is 98.7 Å². The van der Waals surface area contributed by atoms with E-state index < -0.39 is 0 Å². The van der Waals surface area contributed by atoms with Crippen molar-refractivity contribution >= 4 is 43.1 Å². The summed E-state index contributed by atoms with van der Waals surface area (Å²) in [5.74, 6) is 0. The van der Waals surface area contributed by atoms with Crippen LogP contribution in [0.3, 0.4) is 0 Å². The molecule has 1 aliphatic rings. The molecule has 10 rings (SSSR count). The van der Waals surface area contributed by atoms with Crippen molar-refractivity contribution in [1.82, 2.24) is 0 Å². The molecule has 0 saturated carbocycles. The van der Waals surface area contributed by atoms with Crippen LogP contribution in [0.1, 0.15) is 38.9 Å². The Kier molecular flexibility index (Phi) is 7.25. The molecule has 0 aromatic heterocycles. The third-order valence-electron chi connectivity index (χ3n) is 11.9. The molecule has 0 N–H and O–H groups in total. The number of hydrogen-bond acceptors (Lipinski definition) is 3. The minimum Gasteiger partial charge on any atom is -0.192 e. The van der Waals surface area contributed by atoms with Gasteiger partial charge in [0.05, 0.1) is 34.9 Å². The molecular weight excluding hydrogens is 679 g/mol. The first-order valence-electron chi connectivity index (χ1n) is 18.8. The third-order valence-corrected chi connectivity index (χ3v) is 11.9. The van der Waals surface area contributed by atoms with Crippen molar-refractivity contribution in [2.75, 3.05) is 0 Å². The Hall–Kier alpha value is -7.51. The molecule has 0 amide bonds. The molecule has 3 nitrogen and oxygen atoms in total. The first-order chi connectivity index (χ1) is 27.3. The minimum absolute atomic E-state index is 0.648. The average Bonchev–Trinajstić information content (AvgIpc) is 3.53. The van der Waals surface area contributed by atoms with Gasteiger partial charge in [0.15, 0.2) is 0 Å². The number of benzene rings is 9. The van der Waals surface area contributed by atoms with Gasteiger partial charge in [0.1, 0.15) is 0 Å². The van der Waals surface area contributed by atoms with Crippen LogP contribution in [-0.2, 0) is 0 Å². The predicted molar refractivity (Wildman–Crippen MR) is 230 cm³/mol. The summed E-state index contributed by atoms with van der Waals surface area (Å²) in [4.78, 5) is 0. The highest BCUT2D eigenvalue weighted by Gasteiger charge is 2.26. The quantitative estimate of drug-likeness (QED) is 0.171. The molecule has 0 bridgehead atoms. The predicted octanol–water partition coefficient (Wildman–Crippen LogP) is 13.8. The molecule has 260 valence electrons. The number of aryl methyl sites for hydroxylation is 4. The van der Waals surface area contributed by atoms with Crippen molar-refractivity contribution in [1.29, 1.82) is 15.8 Å². The Morgan fingerprint density at radius 3 is 1.36 bits per heavy atom. The fraction of sp³-hybridized carbons (Fsp3) is 0.0755. The molecule has 0 fully saturated rings. The minimum atomic E-state index is 0.648. The van der Waals surface area contributed by atoms with Crippen molar-refractivity contribution in [3.63, 3.8) is 0 Å². The molecule has 9 aromatic rings. The Morgan fingerprint density at radius 2 is 0.768 bits per heavy atom. The lowest BCUT2D eigenvalue weighted by molar-refractivity contribution is 1.35. The second-order valence-corrected chi connectivity index (χ2v) is 15.2. The fourth-order valence-corrected chi connectivity index (χ4v) is 9.64. The number of fused-ring (bicyclic) bond motifs is 8. The van der Waals surface area contributed by atoms with E-state index in [0.29, 0.717) is 16.7 Å². The first-order valence-corrected chi connectivity index (χ1v) is 18.8. The molecule has 1 aliphatic carbocycles. The molecule has 0 radical (unpaired) electrons. The Morgan fingerprint density at radius 1 is 0.321 bits per heavy atom. The van der Waals surface area contributed by atoms with Gasteiger partial charge >= 0.3 is 0 Å². The second kappa shape index (κ2) is 12.3. The zero-order valence-corrected chi connectivity index (χ0v) is 31.5. The summed E-state index contributed by atoms with van der Waals surface area (Å²) in [5.41, 5.74) is 18.0. The number of rotatable bonds is 3. The van der Waals surface area contributed by atoms with E-state index in [4.69, 9.17) is 0 Å². The normalized spacial score (nSPS) is 11.5. The lowest BCUT2D eigenvalue weighted by Gasteiger charge is -2.20. The Bertz CT molecular complexity index is 3320. The van der Waals surface area contributed by atoms with Gasteiger partial charge in [0, 0.05) is 0 Å². The largest absolute Gasteiger partial charge is 0.192 e. The summed E-state index contributed by atoms with van der Waals surface area (Å²) >= 11 is 0. The lowest BCUT2D eigenvalue weighted by atomic mass is 9.83. The van der Waals surface area contributed by atoms with Crippen molar-refractivity contribution < 1.29 is 0 Å². The monoisotopic (exact) mass is 711 g/mol. The van der Waals surface area contributed by atoms with Gasteiger partial charge in [0.2, 0.25) is 0 Å². The van der Waals surface area contributed by atoms with Crippen molar-refractivity contribution in [3.8, 4) is 73.8 Å². The van der Waals surface area contributed by atoms with E-state index in [1.165, 1.54) is 65.3 Å². The number of nitriles is 3. The van der Waals surface area contributed by atoms with Gasteiger partial charge in [-0.15, -0.1) is 0 Å². The van der Waals surface area contributed by atoms with E-state index in [9.17, 15) is 15.8 Å². The third kappa shape index (κ3) is 4.74. The highest BCUT2D eigenvalue weighted by atomic mass is 14.3. The zero-order valence-electron chi connectivity index (χ0n) is 31.5. The van der Waals surface area contributed by atoms with E-state index in [-0.39, 0.29) is 0 Å². The van der Waals surface area contributed by atoms with E-state index in [1.807, 2.05) is 48.5 Å². The van der Waals surface area contributed by atoms with Crippen LogP contribution in [0, 0.1) is 61.7 Å². The van der Waals surface area contributed by atoms with E-state index >= 15 is 0 Å². The van der Waals surface area contributed by atoms with Gasteiger partial charge in [-0.3, -0.25) is 0 Å². The van der Waals surface area contributed by atoms with Crippen molar-refractivity contribution in [3.05, 3.63) is 166 Å². The van der Waals surface area contributed by atoms with Crippen LogP contribution < -0.4 is 0 Å². The molecular formula is C53H33N3. The maximum absolute atomic E-state index is 9.87. The van der Waals surface area contributed by atoms with Gasteiger partial charge in [-0.05, 0) is 209 Å². The molecule has 0 heterocycles. The van der Waals surface area contributed by atoms with Crippen LogP contribution in [-0.4, -0.2) is 0 Å². The maximum Gasteiger partial charge on any atom is 0.0991 e. The highest BCUT2D eigenvalue weighted by molar-refractivity contribution is 6.27. The van der Waals surface area contributed by atoms with Gasteiger partial charge in [-0.25, -0.2) is 0 Å². The molecule has 0 aliphatic heterocycles. The molecule has 0 spiro atoms. The van der Waals surface area contributed by atoms with E-state index in [2.05, 4.69) is 125 Å². The first kappa shape index (κ1) is 33.1. The van der Waals surface area contributed by atoms with Gasteiger partial charge in [-0.1, -0.05) is 66.7 Å². The molecule has 3 heteroatoms. The average molecular weight is 712 g/mol. The zero-order chi connectivity index (χ0) is 38.4. The maximum atomic E-state index is 9.87. The number of hydrogen-bond donors (Lipinski definition) is 0. The lowest BCUT2D eigenvalue weighted by Crippen LogP contribution is -1.96. The Balaban J connectivity index is 1.34. The highest BCUT2D eigenvalue weighted by Crippen LogP contribution is 2.53. The number of nitrogens with zero attached hydrogens (tertiary/aromatic N) is 3. The summed E-state index contributed by atoms with van der Waals surface area (Å²) in [5, 5.41) is 38.6. The van der Waals surface area contributed by atoms with Gasteiger partial charge in [-0.2, -0.15) is 15.8 Å². The summed E-state index contributed by atoms with van der Waals surface area (Å²) < 4.78 is 0. The molecule has 56 heavy (non-hydrogen) atoms. The van der Waals surface area contributed by atoms with Crippen LogP contribution in [0.5, 0.6) is 0 Å². The van der Waals surface area contributed by atoms with Crippen LogP contribution in [0.15, 0.2) is 127 Å². The summed E-state index contributed by atoms with van der Waals surface area (Å²) in [6.07, 6.45) is 0. The second-order valence-electron chi connectivity index (χ2n) is 15.2. The topological polar surface area (TPSA) is 71.4 Å². The van der Waals surface area contributed by atoms with Crippen molar-refractivity contribution in [2.45, 2.75) is 27.7 Å². The fourth-order valence-electron chi connectivity index (χ4n) is 9.64. The molecule has 0 unspecified atom stereocenters. The van der Waals surface area contributed by atoms with Crippen molar-refractivity contribution in [2.24, 2.45) is 0 Å². The molecule has 0 saturated heterocycles. The summed E-state index contributed by atoms with van der Waals surface area (Å²) in [6, 6.07) is 52.2. The van der Waals surface area contributed by atoms with E-state index in [1.54, 1.807) is 0 Å². The molecule has 0 atom stereocenters. The van der Waals surface area contributed by atoms with Crippen LogP contribution >= 0.6 is 0 Å². The van der Waals surface area contributed by atoms with Crippen LogP contribution in [0.2, 0.25) is 0 Å². The standard InChI is InChI=1S/C53H33N3/c1-29-18-34(27-55)19-30(2)51(29)49-25-47-43(38-8-5-6-9-39(38)49)24-50(52-31(3)20-35(28-56)21-32(52)4)48-23-45-42-17-16-37(36-14-12-33(26-54)13-15-36)40-10-7-11-41(53(40)42)44(45)22-46(47)48/h5-25H,1-4H3. The van der Waals surface area contributed by atoms with E-state index in [0.717, 1.165) is 55.6 Å². The summed E-state index contributed by atoms with van der Waals surface area (Å²) in [6.45, 7) is 8.45. The van der Waals surface area contributed by atoms with Crippen LogP contribution in [0.4, 0.5) is 0 Å². The smallest absolute Gasteiger partial charge is 0.0991 e. The molecule has 9 aromatic carbocycles. The summed E-state index contributed by atoms with van der Waals surface area (Å²) in [7, 11) is 0. The van der Waals surface area contributed by atoms with Gasteiger partial charge in [0.25, 0.3) is 0 Å². The SMILES string of the molecule is Cc1cc(C#N)cc(C)c1-c1cc2c3cc4c(cc3c(-c3c(C)cc(C#N)cc3C)cc2c2ccccc12)-c1ccc(-c2ccc(C#N)cc2)c2cccc-4c12. The van der Waals surface area contributed by atoms with Gasteiger partial charge < -0.3 is 0 Å².